The third kappa shape index (κ3) is 8.19. The van der Waals surface area contributed by atoms with Gasteiger partial charge in [-0.2, -0.15) is 0 Å². The molecule has 1 fully saturated rings. The minimum Gasteiger partial charge on any atom is -0.494 e. The summed E-state index contributed by atoms with van der Waals surface area (Å²) in [7, 11) is 0. The van der Waals surface area contributed by atoms with Gasteiger partial charge in [-0.15, -0.1) is 0 Å². The van der Waals surface area contributed by atoms with Crippen LogP contribution in [0.3, 0.4) is 0 Å². The van der Waals surface area contributed by atoms with Crippen molar-refractivity contribution in [2.45, 2.75) is 77.4 Å². The Balaban J connectivity index is 1.81. The van der Waals surface area contributed by atoms with Crippen LogP contribution in [0.15, 0.2) is 24.3 Å². The number of morpholine rings is 1. The lowest BCUT2D eigenvalue weighted by molar-refractivity contribution is -0.146. The first-order valence-corrected chi connectivity index (χ1v) is 10.7. The van der Waals surface area contributed by atoms with E-state index in [2.05, 4.69) is 37.8 Å². The van der Waals surface area contributed by atoms with Gasteiger partial charge in [0.05, 0.1) is 24.7 Å². The molecule has 0 amide bonds. The Morgan fingerprint density at radius 1 is 1.18 bits per heavy atom. The molecule has 1 unspecified atom stereocenters. The summed E-state index contributed by atoms with van der Waals surface area (Å²) in [6.45, 7) is 9.14. The van der Waals surface area contributed by atoms with Gasteiger partial charge in [-0.1, -0.05) is 51.2 Å². The van der Waals surface area contributed by atoms with Crippen molar-refractivity contribution in [1.29, 1.82) is 0 Å². The SMILES string of the molecule is CCCCCCCCOc1ccc(C2CN(CCC(=O)O)CC(C)(C)O2)cc1. The van der Waals surface area contributed by atoms with Crippen molar-refractivity contribution in [2.75, 3.05) is 26.2 Å². The summed E-state index contributed by atoms with van der Waals surface area (Å²) in [5.41, 5.74) is 0.814. The first-order chi connectivity index (χ1) is 13.4. The van der Waals surface area contributed by atoms with Crippen LogP contribution >= 0.6 is 0 Å². The van der Waals surface area contributed by atoms with Gasteiger partial charge in [0.15, 0.2) is 0 Å². The zero-order chi connectivity index (χ0) is 20.4. The molecule has 1 saturated heterocycles. The zero-order valence-electron chi connectivity index (χ0n) is 17.8. The molecule has 5 heteroatoms. The van der Waals surface area contributed by atoms with Crippen LogP contribution in [-0.2, 0) is 9.53 Å². The summed E-state index contributed by atoms with van der Waals surface area (Å²) in [5, 5.41) is 8.96. The number of benzene rings is 1. The highest BCUT2D eigenvalue weighted by Gasteiger charge is 2.34. The quantitative estimate of drug-likeness (QED) is 0.505. The smallest absolute Gasteiger partial charge is 0.304 e. The fourth-order valence-corrected chi connectivity index (χ4v) is 3.75. The molecule has 0 aliphatic carbocycles. The molecular weight excluding hydrogens is 354 g/mol. The zero-order valence-corrected chi connectivity index (χ0v) is 17.8. The molecule has 1 N–H and O–H groups in total. The first-order valence-electron chi connectivity index (χ1n) is 10.7. The highest BCUT2D eigenvalue weighted by molar-refractivity contribution is 5.66. The molecule has 1 atom stereocenters. The van der Waals surface area contributed by atoms with E-state index < -0.39 is 5.97 Å². The minimum absolute atomic E-state index is 0.0508. The summed E-state index contributed by atoms with van der Waals surface area (Å²) in [4.78, 5) is 13.1. The Kier molecular flexibility index (Phi) is 9.26. The number of aliphatic carboxylic acids is 1. The van der Waals surface area contributed by atoms with Crippen LogP contribution in [0.1, 0.15) is 77.4 Å². The van der Waals surface area contributed by atoms with Crippen molar-refractivity contribution in [1.82, 2.24) is 4.90 Å². The summed E-state index contributed by atoms with van der Waals surface area (Å²) >= 11 is 0. The summed E-state index contributed by atoms with van der Waals surface area (Å²) in [5.74, 6) is 0.142. The van der Waals surface area contributed by atoms with Crippen LogP contribution in [0, 0.1) is 0 Å². The number of hydrogen-bond acceptors (Lipinski definition) is 4. The molecule has 1 aliphatic heterocycles. The summed E-state index contributed by atoms with van der Waals surface area (Å²) < 4.78 is 12.1. The Morgan fingerprint density at radius 3 is 2.54 bits per heavy atom. The molecular formula is C23H37NO4. The van der Waals surface area contributed by atoms with Gasteiger partial charge >= 0.3 is 5.97 Å². The average molecular weight is 392 g/mol. The van der Waals surface area contributed by atoms with E-state index in [9.17, 15) is 4.79 Å². The lowest BCUT2D eigenvalue weighted by atomic mass is 10.0. The summed E-state index contributed by atoms with van der Waals surface area (Å²) in [6, 6.07) is 8.16. The van der Waals surface area contributed by atoms with Crippen molar-refractivity contribution in [2.24, 2.45) is 0 Å². The molecule has 0 spiro atoms. The maximum atomic E-state index is 10.9. The second-order valence-corrected chi connectivity index (χ2v) is 8.43. The van der Waals surface area contributed by atoms with E-state index in [4.69, 9.17) is 14.6 Å². The van der Waals surface area contributed by atoms with E-state index in [0.717, 1.165) is 30.9 Å². The van der Waals surface area contributed by atoms with Crippen molar-refractivity contribution in [3.63, 3.8) is 0 Å². The van der Waals surface area contributed by atoms with Crippen molar-refractivity contribution >= 4 is 5.97 Å². The molecule has 28 heavy (non-hydrogen) atoms. The van der Waals surface area contributed by atoms with Gasteiger partial charge in [0.1, 0.15) is 5.75 Å². The fourth-order valence-electron chi connectivity index (χ4n) is 3.75. The highest BCUT2D eigenvalue weighted by Crippen LogP contribution is 2.31. The number of unbranched alkanes of at least 4 members (excludes halogenated alkanes) is 5. The predicted molar refractivity (Wildman–Crippen MR) is 112 cm³/mol. The first kappa shape index (κ1) is 22.7. The second kappa shape index (κ2) is 11.4. The van der Waals surface area contributed by atoms with Gasteiger partial charge in [-0.25, -0.2) is 0 Å². The molecule has 0 saturated carbocycles. The van der Waals surface area contributed by atoms with Gasteiger partial charge in [0, 0.05) is 19.6 Å². The van der Waals surface area contributed by atoms with Gasteiger partial charge in [0.25, 0.3) is 0 Å². The third-order valence-electron chi connectivity index (χ3n) is 5.15. The molecule has 2 rings (SSSR count). The molecule has 0 aromatic heterocycles. The monoisotopic (exact) mass is 391 g/mol. The Hall–Kier alpha value is -1.59. The van der Waals surface area contributed by atoms with E-state index in [0.29, 0.717) is 13.1 Å². The number of carbonyl (C=O) groups is 1. The molecule has 5 nitrogen and oxygen atoms in total. The van der Waals surface area contributed by atoms with E-state index in [-0.39, 0.29) is 18.1 Å². The van der Waals surface area contributed by atoms with E-state index in [1.165, 1.54) is 32.1 Å². The number of ether oxygens (including phenoxy) is 2. The molecule has 1 aliphatic rings. The largest absolute Gasteiger partial charge is 0.494 e. The van der Waals surface area contributed by atoms with Gasteiger partial charge in [0.2, 0.25) is 0 Å². The Labute approximate surface area is 170 Å². The van der Waals surface area contributed by atoms with Crippen molar-refractivity contribution < 1.29 is 19.4 Å². The number of carboxylic acid groups (broad SMARTS) is 1. The number of carboxylic acids is 1. The second-order valence-electron chi connectivity index (χ2n) is 8.43. The fraction of sp³-hybridized carbons (Fsp3) is 0.696. The van der Waals surface area contributed by atoms with Gasteiger partial charge < -0.3 is 14.6 Å². The summed E-state index contributed by atoms with van der Waals surface area (Å²) in [6.07, 6.45) is 7.67. The lowest BCUT2D eigenvalue weighted by Gasteiger charge is -2.43. The van der Waals surface area contributed by atoms with Crippen LogP contribution in [0.5, 0.6) is 5.75 Å². The average Bonchev–Trinajstić information content (AvgIpc) is 2.65. The Bertz CT molecular complexity index is 585. The standard InChI is InChI=1S/C23H37NO4/c1-4-5-6-7-8-9-16-27-20-12-10-19(11-13-20)21-17-24(15-14-22(25)26)18-23(2,3)28-21/h10-13,21H,4-9,14-18H2,1-3H3,(H,25,26). The topological polar surface area (TPSA) is 59.0 Å². The molecule has 0 radical (unpaired) electrons. The Morgan fingerprint density at radius 2 is 1.86 bits per heavy atom. The molecule has 158 valence electrons. The van der Waals surface area contributed by atoms with Crippen LogP contribution in [0.2, 0.25) is 0 Å². The van der Waals surface area contributed by atoms with E-state index in [1.807, 2.05) is 12.1 Å². The predicted octanol–water partition coefficient (Wildman–Crippen LogP) is 5.05. The number of nitrogens with zero attached hydrogens (tertiary/aromatic N) is 1. The minimum atomic E-state index is -0.757. The lowest BCUT2D eigenvalue weighted by Crippen LogP contribution is -2.49. The van der Waals surface area contributed by atoms with Crippen LogP contribution in [0.4, 0.5) is 0 Å². The molecule has 1 heterocycles. The van der Waals surface area contributed by atoms with Gasteiger partial charge in [-0.05, 0) is 38.0 Å². The maximum Gasteiger partial charge on any atom is 0.304 e. The molecule has 0 bridgehead atoms. The maximum absolute atomic E-state index is 10.9. The highest BCUT2D eigenvalue weighted by atomic mass is 16.5. The van der Waals surface area contributed by atoms with Crippen LogP contribution in [-0.4, -0.2) is 47.8 Å². The van der Waals surface area contributed by atoms with Gasteiger partial charge in [-0.3, -0.25) is 9.69 Å². The van der Waals surface area contributed by atoms with Crippen LogP contribution < -0.4 is 4.74 Å². The van der Waals surface area contributed by atoms with E-state index >= 15 is 0 Å². The van der Waals surface area contributed by atoms with Crippen molar-refractivity contribution in [3.05, 3.63) is 29.8 Å². The van der Waals surface area contributed by atoms with Crippen molar-refractivity contribution in [3.8, 4) is 5.75 Å². The number of hydrogen-bond donors (Lipinski definition) is 1. The molecule has 1 aromatic carbocycles. The molecule has 1 aromatic rings. The van der Waals surface area contributed by atoms with Crippen LogP contribution in [0.25, 0.3) is 0 Å². The third-order valence-corrected chi connectivity index (χ3v) is 5.15. The normalized spacial score (nSPS) is 19.5. The van der Waals surface area contributed by atoms with E-state index in [1.54, 1.807) is 0 Å². The number of rotatable bonds is 12.